The predicted molar refractivity (Wildman–Crippen MR) is 102 cm³/mol. The van der Waals surface area contributed by atoms with Crippen molar-refractivity contribution in [2.45, 2.75) is 39.5 Å². The van der Waals surface area contributed by atoms with Gasteiger partial charge in [0, 0.05) is 43.0 Å². The molecule has 1 aromatic rings. The summed E-state index contributed by atoms with van der Waals surface area (Å²) in [6.07, 6.45) is 2.67. The highest BCUT2D eigenvalue weighted by molar-refractivity contribution is 9.12. The first-order chi connectivity index (χ1) is 11.2. The molecule has 1 aliphatic rings. The molecule has 2 heterocycles. The van der Waals surface area contributed by atoms with Gasteiger partial charge in [-0.2, -0.15) is 0 Å². The Bertz CT molecular complexity index is 671. The topological polar surface area (TPSA) is 57.6 Å². The lowest BCUT2D eigenvalue weighted by Crippen LogP contribution is -2.32. The molecule has 0 spiro atoms. The fourth-order valence-corrected chi connectivity index (χ4v) is 2.79. The molecule has 5 nitrogen and oxygen atoms in total. The van der Waals surface area contributed by atoms with E-state index in [0.717, 1.165) is 30.1 Å². The molecule has 0 saturated heterocycles. The van der Waals surface area contributed by atoms with Crippen molar-refractivity contribution >= 4 is 33.4 Å². The zero-order valence-corrected chi connectivity index (χ0v) is 16.6. The minimum Gasteiger partial charge on any atom is -0.363 e. The number of carbonyl (C=O) groups is 1. The van der Waals surface area contributed by atoms with Crippen LogP contribution in [0.5, 0.6) is 0 Å². The lowest BCUT2D eigenvalue weighted by Gasteiger charge is -2.21. The van der Waals surface area contributed by atoms with Gasteiger partial charge in [0.1, 0.15) is 10.3 Å². The minimum absolute atomic E-state index is 0.0166. The third-order valence-electron chi connectivity index (χ3n) is 3.99. The van der Waals surface area contributed by atoms with Crippen LogP contribution in [0.25, 0.3) is 5.70 Å². The Hall–Kier alpha value is -1.69. The number of pyridine rings is 1. The third kappa shape index (κ3) is 4.44. The van der Waals surface area contributed by atoms with Gasteiger partial charge < -0.3 is 10.2 Å². The molecule has 0 fully saturated rings. The molecule has 1 N–H and O–H groups in total. The average Bonchev–Trinajstić information content (AvgIpc) is 2.53. The summed E-state index contributed by atoms with van der Waals surface area (Å²) in [4.78, 5) is 23.6. The lowest BCUT2D eigenvalue weighted by molar-refractivity contribution is -0.116. The number of halogens is 1. The van der Waals surface area contributed by atoms with Crippen LogP contribution in [0.4, 0.5) is 0 Å². The highest BCUT2D eigenvalue weighted by Gasteiger charge is 2.19. The summed E-state index contributed by atoms with van der Waals surface area (Å²) in [7, 11) is 2.01. The summed E-state index contributed by atoms with van der Waals surface area (Å²) in [5.41, 5.74) is 2.41. The van der Waals surface area contributed by atoms with E-state index in [2.05, 4.69) is 56.9 Å². The van der Waals surface area contributed by atoms with Crippen molar-refractivity contribution in [3.8, 4) is 0 Å². The van der Waals surface area contributed by atoms with Gasteiger partial charge in [-0.1, -0.05) is 20.8 Å². The highest BCUT2D eigenvalue weighted by atomic mass is 79.9. The summed E-state index contributed by atoms with van der Waals surface area (Å²) in [6, 6.07) is 3.97. The van der Waals surface area contributed by atoms with Gasteiger partial charge in [0.25, 0.3) is 5.91 Å². The summed E-state index contributed by atoms with van der Waals surface area (Å²) >= 11 is 3.42. The van der Waals surface area contributed by atoms with E-state index in [1.165, 1.54) is 0 Å². The van der Waals surface area contributed by atoms with E-state index in [-0.39, 0.29) is 11.3 Å². The van der Waals surface area contributed by atoms with Gasteiger partial charge in [-0.25, -0.2) is 4.99 Å². The summed E-state index contributed by atoms with van der Waals surface area (Å²) in [6.45, 7) is 9.81. The van der Waals surface area contributed by atoms with E-state index in [0.29, 0.717) is 16.7 Å². The molecule has 0 bridgehead atoms. The number of hydrogen-bond acceptors (Lipinski definition) is 4. The summed E-state index contributed by atoms with van der Waals surface area (Å²) < 4.78 is 0.433. The van der Waals surface area contributed by atoms with Crippen LogP contribution < -0.4 is 5.32 Å². The molecule has 0 saturated carbocycles. The Morgan fingerprint density at radius 2 is 2.00 bits per heavy atom. The normalized spacial score (nSPS) is 20.5. The van der Waals surface area contributed by atoms with Crippen LogP contribution in [-0.2, 0) is 10.2 Å². The van der Waals surface area contributed by atoms with Crippen molar-refractivity contribution in [3.63, 3.8) is 0 Å². The second kappa shape index (κ2) is 7.47. The Balaban J connectivity index is 2.50. The standard InChI is InChI=1S/C18H25BrN4O/c1-12-22-16(13-7-8-14(21-11-13)18(2,3)4)15(19)17(24)20-9-6-10-23(12)5/h7-8,11H,6,9-10H2,1-5H3,(H,20,24)/b16-15+,22-12?. The number of amides is 1. The molecule has 1 aromatic heterocycles. The molecule has 0 unspecified atom stereocenters. The molecule has 1 aliphatic heterocycles. The number of rotatable bonds is 1. The van der Waals surface area contributed by atoms with Gasteiger partial charge in [-0.3, -0.25) is 9.78 Å². The zero-order chi connectivity index (χ0) is 17.9. The molecule has 1 amide bonds. The van der Waals surface area contributed by atoms with Crippen LogP contribution >= 0.6 is 15.9 Å². The van der Waals surface area contributed by atoms with E-state index in [1.54, 1.807) is 6.20 Å². The van der Waals surface area contributed by atoms with Gasteiger partial charge in [0.05, 0.1) is 5.70 Å². The van der Waals surface area contributed by atoms with E-state index in [9.17, 15) is 4.79 Å². The second-order valence-electron chi connectivity index (χ2n) is 7.03. The van der Waals surface area contributed by atoms with Gasteiger partial charge in [-0.15, -0.1) is 0 Å². The van der Waals surface area contributed by atoms with Gasteiger partial charge in [0.15, 0.2) is 0 Å². The predicted octanol–water partition coefficient (Wildman–Crippen LogP) is 3.31. The smallest absolute Gasteiger partial charge is 0.260 e. The maximum absolute atomic E-state index is 12.3. The van der Waals surface area contributed by atoms with Gasteiger partial charge in [0.2, 0.25) is 0 Å². The van der Waals surface area contributed by atoms with E-state index < -0.39 is 0 Å². The minimum atomic E-state index is -0.147. The number of amidine groups is 1. The maximum atomic E-state index is 12.3. The van der Waals surface area contributed by atoms with E-state index >= 15 is 0 Å². The zero-order valence-electron chi connectivity index (χ0n) is 15.0. The Kier molecular flexibility index (Phi) is 5.80. The number of hydrogen-bond donors (Lipinski definition) is 1. The molecule has 0 radical (unpaired) electrons. The summed E-state index contributed by atoms with van der Waals surface area (Å²) in [5.74, 6) is 0.725. The van der Waals surface area contributed by atoms with Crippen molar-refractivity contribution in [3.05, 3.63) is 34.1 Å². The van der Waals surface area contributed by atoms with Crippen molar-refractivity contribution < 1.29 is 4.79 Å². The van der Waals surface area contributed by atoms with Crippen molar-refractivity contribution in [1.29, 1.82) is 0 Å². The number of carbonyl (C=O) groups excluding carboxylic acids is 1. The van der Waals surface area contributed by atoms with Crippen LogP contribution in [0.2, 0.25) is 0 Å². The lowest BCUT2D eigenvalue weighted by atomic mass is 9.91. The van der Waals surface area contributed by atoms with E-state index in [4.69, 9.17) is 0 Å². The van der Waals surface area contributed by atoms with Crippen LogP contribution in [0.1, 0.15) is 45.4 Å². The molecule has 130 valence electrons. The quantitative estimate of drug-likeness (QED) is 0.797. The van der Waals surface area contributed by atoms with Crippen LogP contribution in [0.15, 0.2) is 27.8 Å². The van der Waals surface area contributed by atoms with Crippen molar-refractivity contribution in [1.82, 2.24) is 15.2 Å². The Labute approximate surface area is 152 Å². The number of aliphatic imine (C=N–C) groups is 1. The Morgan fingerprint density at radius 1 is 1.29 bits per heavy atom. The maximum Gasteiger partial charge on any atom is 0.260 e. The number of aromatic nitrogens is 1. The molecule has 0 aromatic carbocycles. The molecule has 0 aliphatic carbocycles. The molecule has 2 rings (SSSR count). The number of nitrogens with one attached hydrogen (secondary N) is 1. The molecular formula is C18H25BrN4O. The highest BCUT2D eigenvalue weighted by Crippen LogP contribution is 2.27. The third-order valence-corrected chi connectivity index (χ3v) is 4.73. The fraction of sp³-hybridized carbons (Fsp3) is 0.500. The summed E-state index contributed by atoms with van der Waals surface area (Å²) in [5, 5.41) is 2.91. The molecule has 0 atom stereocenters. The number of nitrogens with zero attached hydrogens (tertiary/aromatic N) is 3. The SMILES string of the molecule is CC1=N/C(c2ccc(C(C)(C)C)nc2)=C(/Br)C(=O)NCCCN1C. The van der Waals surface area contributed by atoms with Crippen LogP contribution in [0.3, 0.4) is 0 Å². The fourth-order valence-electron chi connectivity index (χ4n) is 2.33. The monoisotopic (exact) mass is 392 g/mol. The first-order valence-electron chi connectivity index (χ1n) is 8.11. The molecular weight excluding hydrogens is 368 g/mol. The van der Waals surface area contributed by atoms with Gasteiger partial charge in [-0.05, 0) is 41.4 Å². The average molecular weight is 393 g/mol. The first-order valence-corrected chi connectivity index (χ1v) is 8.91. The molecule has 6 heteroatoms. The van der Waals surface area contributed by atoms with Crippen molar-refractivity contribution in [2.75, 3.05) is 20.1 Å². The largest absolute Gasteiger partial charge is 0.363 e. The van der Waals surface area contributed by atoms with E-state index in [1.807, 2.05) is 26.1 Å². The van der Waals surface area contributed by atoms with Crippen LogP contribution in [0, 0.1) is 0 Å². The molecule has 24 heavy (non-hydrogen) atoms. The second-order valence-corrected chi connectivity index (χ2v) is 7.83. The Morgan fingerprint density at radius 3 is 2.58 bits per heavy atom. The van der Waals surface area contributed by atoms with Crippen molar-refractivity contribution in [2.24, 2.45) is 4.99 Å². The van der Waals surface area contributed by atoms with Gasteiger partial charge >= 0.3 is 0 Å². The van der Waals surface area contributed by atoms with Crippen LogP contribution in [-0.4, -0.2) is 41.8 Å². The first kappa shape index (κ1) is 18.6.